The molecule has 0 saturated carbocycles. The SMILES string of the molecule is O=C(Nc1ccc(Br)c2ccc[nH+]c12)c1ccc(Cn2cc(Br)cn2)cc1. The van der Waals surface area contributed by atoms with Gasteiger partial charge in [0.05, 0.1) is 22.6 Å². The first kappa shape index (κ1) is 17.9. The molecule has 27 heavy (non-hydrogen) atoms. The van der Waals surface area contributed by atoms with E-state index in [1.54, 1.807) is 6.20 Å². The normalized spacial score (nSPS) is 10.9. The van der Waals surface area contributed by atoms with Crippen LogP contribution in [0.1, 0.15) is 15.9 Å². The second-order valence-electron chi connectivity index (χ2n) is 6.06. The first-order valence-electron chi connectivity index (χ1n) is 8.27. The number of benzene rings is 2. The second kappa shape index (κ2) is 7.62. The summed E-state index contributed by atoms with van der Waals surface area (Å²) in [6.45, 7) is 0.653. The first-order valence-corrected chi connectivity index (χ1v) is 9.86. The van der Waals surface area contributed by atoms with Gasteiger partial charge in [0.15, 0.2) is 6.20 Å². The van der Waals surface area contributed by atoms with Crippen molar-refractivity contribution in [2.45, 2.75) is 6.54 Å². The number of rotatable bonds is 4. The lowest BCUT2D eigenvalue weighted by atomic mass is 10.1. The molecule has 0 unspecified atom stereocenters. The third kappa shape index (κ3) is 3.94. The molecular weight excluding hydrogens is 472 g/mol. The molecule has 5 nitrogen and oxygen atoms in total. The summed E-state index contributed by atoms with van der Waals surface area (Å²) >= 11 is 6.92. The average molecular weight is 487 g/mol. The van der Waals surface area contributed by atoms with Gasteiger partial charge >= 0.3 is 0 Å². The van der Waals surface area contributed by atoms with E-state index in [-0.39, 0.29) is 5.91 Å². The molecule has 0 atom stereocenters. The van der Waals surface area contributed by atoms with E-state index in [4.69, 9.17) is 0 Å². The number of halogens is 2. The van der Waals surface area contributed by atoms with Gasteiger partial charge in [0.2, 0.25) is 5.52 Å². The summed E-state index contributed by atoms with van der Waals surface area (Å²) in [4.78, 5) is 15.9. The van der Waals surface area contributed by atoms with Crippen LogP contribution in [0.25, 0.3) is 10.9 Å². The van der Waals surface area contributed by atoms with Crippen LogP contribution in [0.3, 0.4) is 0 Å². The minimum Gasteiger partial charge on any atom is -0.316 e. The number of H-pyrrole nitrogens is 1. The molecule has 0 spiro atoms. The fraction of sp³-hybridized carbons (Fsp3) is 0.0500. The summed E-state index contributed by atoms with van der Waals surface area (Å²) in [6.07, 6.45) is 5.50. The van der Waals surface area contributed by atoms with Crippen molar-refractivity contribution >= 4 is 54.4 Å². The highest BCUT2D eigenvalue weighted by Gasteiger charge is 2.14. The minimum atomic E-state index is -0.149. The van der Waals surface area contributed by atoms with Gasteiger partial charge in [-0.1, -0.05) is 12.1 Å². The van der Waals surface area contributed by atoms with Crippen molar-refractivity contribution in [2.24, 2.45) is 0 Å². The summed E-state index contributed by atoms with van der Waals surface area (Å²) in [5.74, 6) is -0.149. The van der Waals surface area contributed by atoms with Crippen LogP contribution in [0.4, 0.5) is 5.69 Å². The minimum absolute atomic E-state index is 0.149. The highest BCUT2D eigenvalue weighted by atomic mass is 79.9. The third-order valence-electron chi connectivity index (χ3n) is 4.19. The zero-order valence-electron chi connectivity index (χ0n) is 14.1. The van der Waals surface area contributed by atoms with Crippen LogP contribution >= 0.6 is 31.9 Å². The zero-order chi connectivity index (χ0) is 18.8. The van der Waals surface area contributed by atoms with E-state index in [0.29, 0.717) is 12.1 Å². The monoisotopic (exact) mass is 485 g/mol. The number of aromatic nitrogens is 3. The molecule has 0 aliphatic carbocycles. The average Bonchev–Trinajstić information content (AvgIpc) is 3.09. The summed E-state index contributed by atoms with van der Waals surface area (Å²) in [5.41, 5.74) is 3.29. The Balaban J connectivity index is 1.53. The van der Waals surface area contributed by atoms with Crippen molar-refractivity contribution in [1.29, 1.82) is 0 Å². The van der Waals surface area contributed by atoms with Gasteiger partial charge in [-0.05, 0) is 67.8 Å². The molecule has 2 N–H and O–H groups in total. The molecule has 2 aromatic heterocycles. The largest absolute Gasteiger partial charge is 0.316 e. The van der Waals surface area contributed by atoms with Gasteiger partial charge < -0.3 is 5.32 Å². The molecule has 134 valence electrons. The maximum absolute atomic E-state index is 12.7. The molecule has 2 heterocycles. The van der Waals surface area contributed by atoms with Crippen LogP contribution in [-0.4, -0.2) is 15.7 Å². The highest BCUT2D eigenvalue weighted by molar-refractivity contribution is 9.11. The van der Waals surface area contributed by atoms with Crippen LogP contribution in [-0.2, 0) is 6.54 Å². The lowest BCUT2D eigenvalue weighted by Crippen LogP contribution is -2.15. The van der Waals surface area contributed by atoms with Crippen molar-refractivity contribution < 1.29 is 9.78 Å². The van der Waals surface area contributed by atoms with Gasteiger partial charge in [-0.25, -0.2) is 4.98 Å². The summed E-state index contributed by atoms with van der Waals surface area (Å²) in [6, 6.07) is 15.3. The van der Waals surface area contributed by atoms with Gasteiger partial charge in [-0.2, -0.15) is 5.10 Å². The Morgan fingerprint density at radius 3 is 2.67 bits per heavy atom. The fourth-order valence-corrected chi connectivity index (χ4v) is 3.65. The number of aromatic amines is 1. The van der Waals surface area contributed by atoms with E-state index in [1.165, 1.54) is 0 Å². The van der Waals surface area contributed by atoms with Gasteiger partial charge in [0.1, 0.15) is 5.69 Å². The number of carbonyl (C=O) groups is 1. The van der Waals surface area contributed by atoms with Crippen molar-refractivity contribution in [3.05, 3.63) is 87.2 Å². The van der Waals surface area contributed by atoms with Crippen molar-refractivity contribution in [3.63, 3.8) is 0 Å². The Morgan fingerprint density at radius 1 is 1.11 bits per heavy atom. The molecule has 0 radical (unpaired) electrons. The maximum Gasteiger partial charge on any atom is 0.255 e. The molecule has 4 aromatic rings. The predicted molar refractivity (Wildman–Crippen MR) is 112 cm³/mol. The zero-order valence-corrected chi connectivity index (χ0v) is 17.3. The fourth-order valence-electron chi connectivity index (χ4n) is 2.86. The Morgan fingerprint density at radius 2 is 1.93 bits per heavy atom. The Hall–Kier alpha value is -2.51. The Kier molecular flexibility index (Phi) is 5.05. The van der Waals surface area contributed by atoms with Crippen LogP contribution in [0, 0.1) is 0 Å². The maximum atomic E-state index is 12.7. The predicted octanol–water partition coefficient (Wildman–Crippen LogP) is 4.68. The van der Waals surface area contributed by atoms with E-state index in [0.717, 1.165) is 31.1 Å². The molecule has 0 fully saturated rings. The van der Waals surface area contributed by atoms with E-state index in [1.807, 2.05) is 65.6 Å². The van der Waals surface area contributed by atoms with E-state index in [2.05, 4.69) is 47.3 Å². The second-order valence-corrected chi connectivity index (χ2v) is 7.83. The van der Waals surface area contributed by atoms with Crippen molar-refractivity contribution in [2.75, 3.05) is 5.32 Å². The number of pyridine rings is 1. The van der Waals surface area contributed by atoms with Crippen molar-refractivity contribution in [3.8, 4) is 0 Å². The Labute approximate surface area is 172 Å². The number of hydrogen-bond donors (Lipinski definition) is 1. The molecule has 1 amide bonds. The van der Waals surface area contributed by atoms with E-state index in [9.17, 15) is 4.79 Å². The molecule has 0 saturated heterocycles. The summed E-state index contributed by atoms with van der Waals surface area (Å²) < 4.78 is 3.75. The molecule has 0 aliphatic rings. The van der Waals surface area contributed by atoms with Gasteiger partial charge in [-0.15, -0.1) is 0 Å². The molecule has 0 bridgehead atoms. The number of hydrogen-bond acceptors (Lipinski definition) is 2. The number of carbonyl (C=O) groups excluding carboxylic acids is 1. The summed E-state index contributed by atoms with van der Waals surface area (Å²) in [7, 11) is 0. The van der Waals surface area contributed by atoms with Crippen LogP contribution in [0.2, 0.25) is 0 Å². The Bertz CT molecular complexity index is 1120. The van der Waals surface area contributed by atoms with E-state index >= 15 is 0 Å². The van der Waals surface area contributed by atoms with E-state index < -0.39 is 0 Å². The smallest absolute Gasteiger partial charge is 0.255 e. The topological polar surface area (TPSA) is 61.1 Å². The number of anilines is 1. The first-order chi connectivity index (χ1) is 13.1. The van der Waals surface area contributed by atoms with Gasteiger partial charge in [-0.3, -0.25) is 9.48 Å². The van der Waals surface area contributed by atoms with Crippen LogP contribution < -0.4 is 10.3 Å². The van der Waals surface area contributed by atoms with Gasteiger partial charge in [0, 0.05) is 22.3 Å². The third-order valence-corrected chi connectivity index (χ3v) is 5.29. The van der Waals surface area contributed by atoms with Gasteiger partial charge in [0.25, 0.3) is 5.91 Å². The lowest BCUT2D eigenvalue weighted by Gasteiger charge is -2.07. The molecule has 4 rings (SSSR count). The number of amides is 1. The lowest BCUT2D eigenvalue weighted by molar-refractivity contribution is -0.344. The standard InChI is InChI=1S/C20H14Br2N4O/c21-15-10-24-26(12-15)11-13-3-5-14(6-4-13)20(27)25-18-8-7-17(22)16-2-1-9-23-19(16)18/h1-10,12H,11H2,(H,25,27)/p+1. The molecule has 7 heteroatoms. The quantitative estimate of drug-likeness (QED) is 0.455. The number of fused-ring (bicyclic) bond motifs is 1. The summed E-state index contributed by atoms with van der Waals surface area (Å²) in [5, 5.41) is 8.24. The molecular formula is C20H15Br2N4O+. The highest BCUT2D eigenvalue weighted by Crippen LogP contribution is 2.27. The molecule has 0 aliphatic heterocycles. The van der Waals surface area contributed by atoms with Crippen LogP contribution in [0.5, 0.6) is 0 Å². The van der Waals surface area contributed by atoms with Crippen LogP contribution in [0.15, 0.2) is 76.1 Å². The van der Waals surface area contributed by atoms with Crippen molar-refractivity contribution in [1.82, 2.24) is 9.78 Å². The molecule has 2 aromatic carbocycles. The number of nitrogens with zero attached hydrogens (tertiary/aromatic N) is 2. The number of nitrogens with one attached hydrogen (secondary N) is 2.